The molecule has 0 heterocycles. The topological polar surface area (TPSA) is 67.4 Å². The molecule has 2 amide bonds. The number of unbranched alkanes of at least 4 members (excludes halogenated alkanes) is 46. The molecular formula is C63H118N2O3. The average Bonchev–Trinajstić information content (AvgIpc) is 3.35. The van der Waals surface area contributed by atoms with Crippen LogP contribution in [0.25, 0.3) is 0 Å². The predicted octanol–water partition coefficient (Wildman–Crippen LogP) is 20.7. The van der Waals surface area contributed by atoms with E-state index in [4.69, 9.17) is 4.74 Å². The van der Waals surface area contributed by atoms with E-state index in [-0.39, 0.29) is 11.8 Å². The standard InChI is InChI=1S/C63H118N2O3/c1-4-7-10-13-16-19-22-24-26-28-30-32-34-36-38-41-44-47-50-55-64-62(66)59-53-54-60(61(58-59)68-57-52-49-46-43-40-21-18-15-12-9-6-3)63(67)65-56-51-48-45-42-39-37-35-33-31-29-27-25-23-20-17-14-11-8-5-2/h53-54,58H,4-52,55-57H2,1-3H3,(H,64,66)(H,65,67). The third kappa shape index (κ3) is 42.8. The monoisotopic (exact) mass is 951 g/mol. The van der Waals surface area contributed by atoms with Crippen molar-refractivity contribution >= 4 is 11.8 Å². The summed E-state index contributed by atoms with van der Waals surface area (Å²) in [6.07, 6.45) is 65.9. The van der Waals surface area contributed by atoms with Crippen LogP contribution in [0.3, 0.4) is 0 Å². The third-order valence-corrected chi connectivity index (χ3v) is 14.6. The summed E-state index contributed by atoms with van der Waals surface area (Å²) in [5.41, 5.74) is 1.12. The highest BCUT2D eigenvalue weighted by molar-refractivity contribution is 6.00. The Hall–Kier alpha value is -2.04. The fourth-order valence-electron chi connectivity index (χ4n) is 9.93. The summed E-state index contributed by atoms with van der Waals surface area (Å²) in [5.74, 6) is 0.370. The maximum atomic E-state index is 13.4. The van der Waals surface area contributed by atoms with Crippen molar-refractivity contribution in [1.29, 1.82) is 0 Å². The van der Waals surface area contributed by atoms with Crippen molar-refractivity contribution in [3.05, 3.63) is 29.3 Å². The first kappa shape index (κ1) is 64.0. The molecule has 5 heteroatoms. The maximum Gasteiger partial charge on any atom is 0.255 e. The molecule has 0 radical (unpaired) electrons. The lowest BCUT2D eigenvalue weighted by Crippen LogP contribution is -2.26. The number of amides is 2. The molecule has 1 aromatic carbocycles. The summed E-state index contributed by atoms with van der Waals surface area (Å²) in [4.78, 5) is 26.7. The van der Waals surface area contributed by atoms with Crippen LogP contribution in [0.1, 0.15) is 356 Å². The Balaban J connectivity index is 2.30. The van der Waals surface area contributed by atoms with Crippen molar-refractivity contribution in [3.8, 4) is 5.75 Å². The lowest BCUT2D eigenvalue weighted by atomic mass is 10.0. The van der Waals surface area contributed by atoms with Crippen molar-refractivity contribution in [2.45, 2.75) is 335 Å². The van der Waals surface area contributed by atoms with Gasteiger partial charge in [-0.05, 0) is 37.5 Å². The molecule has 398 valence electrons. The number of nitrogens with one attached hydrogen (secondary N) is 2. The highest BCUT2D eigenvalue weighted by Crippen LogP contribution is 2.23. The first-order valence-electron chi connectivity index (χ1n) is 31.0. The highest BCUT2D eigenvalue weighted by Gasteiger charge is 2.16. The van der Waals surface area contributed by atoms with E-state index in [1.807, 2.05) is 0 Å². The van der Waals surface area contributed by atoms with Crippen LogP contribution in [0.4, 0.5) is 0 Å². The quantitative estimate of drug-likeness (QED) is 0.0640. The molecule has 0 aromatic heterocycles. The molecule has 0 atom stereocenters. The minimum Gasteiger partial charge on any atom is -0.493 e. The Morgan fingerprint density at radius 3 is 0.868 bits per heavy atom. The van der Waals surface area contributed by atoms with Gasteiger partial charge in [0.15, 0.2) is 0 Å². The fourth-order valence-corrected chi connectivity index (χ4v) is 9.93. The molecule has 0 spiro atoms. The molecule has 1 aromatic rings. The first-order valence-corrected chi connectivity index (χ1v) is 31.0. The van der Waals surface area contributed by atoms with Crippen molar-refractivity contribution in [1.82, 2.24) is 10.6 Å². The van der Waals surface area contributed by atoms with Crippen molar-refractivity contribution < 1.29 is 14.3 Å². The summed E-state index contributed by atoms with van der Waals surface area (Å²) < 4.78 is 6.29. The van der Waals surface area contributed by atoms with Gasteiger partial charge in [0.2, 0.25) is 0 Å². The Kier molecular flexibility index (Phi) is 49.7. The van der Waals surface area contributed by atoms with Gasteiger partial charge in [-0.2, -0.15) is 0 Å². The van der Waals surface area contributed by atoms with Gasteiger partial charge in [0.25, 0.3) is 11.8 Å². The smallest absolute Gasteiger partial charge is 0.255 e. The summed E-state index contributed by atoms with van der Waals surface area (Å²) in [6, 6.07) is 5.40. The van der Waals surface area contributed by atoms with Crippen molar-refractivity contribution in [2.75, 3.05) is 19.7 Å². The zero-order chi connectivity index (χ0) is 48.9. The minimum absolute atomic E-state index is 0.0759. The molecule has 5 nitrogen and oxygen atoms in total. The number of benzene rings is 1. The zero-order valence-electron chi connectivity index (χ0n) is 46.2. The summed E-state index contributed by atoms with van der Waals surface area (Å²) >= 11 is 0. The average molecular weight is 952 g/mol. The Bertz CT molecular complexity index is 1200. The first-order chi connectivity index (χ1) is 33.6. The number of hydrogen-bond acceptors (Lipinski definition) is 3. The molecule has 0 saturated carbocycles. The molecule has 0 fully saturated rings. The molecule has 0 saturated heterocycles. The molecule has 0 aliphatic heterocycles. The number of carbonyl (C=O) groups is 2. The van der Waals surface area contributed by atoms with Crippen LogP contribution in [0.15, 0.2) is 18.2 Å². The minimum atomic E-state index is -0.0950. The van der Waals surface area contributed by atoms with Crippen molar-refractivity contribution in [2.24, 2.45) is 0 Å². The maximum absolute atomic E-state index is 13.4. The van der Waals surface area contributed by atoms with E-state index in [0.717, 1.165) is 38.5 Å². The lowest BCUT2D eigenvalue weighted by Gasteiger charge is -2.14. The summed E-state index contributed by atoms with van der Waals surface area (Å²) in [6.45, 7) is 8.81. The van der Waals surface area contributed by atoms with Crippen LogP contribution in [0, 0.1) is 0 Å². The Labute approximate surface area is 425 Å². The largest absolute Gasteiger partial charge is 0.493 e. The number of ether oxygens (including phenoxy) is 1. The van der Waals surface area contributed by atoms with Gasteiger partial charge in [0, 0.05) is 18.7 Å². The second kappa shape index (κ2) is 52.8. The van der Waals surface area contributed by atoms with Gasteiger partial charge >= 0.3 is 0 Å². The second-order valence-corrected chi connectivity index (χ2v) is 21.3. The second-order valence-electron chi connectivity index (χ2n) is 21.3. The van der Waals surface area contributed by atoms with Crippen LogP contribution < -0.4 is 15.4 Å². The van der Waals surface area contributed by atoms with Gasteiger partial charge in [-0.25, -0.2) is 0 Å². The Morgan fingerprint density at radius 1 is 0.324 bits per heavy atom. The molecule has 0 aliphatic rings. The molecule has 68 heavy (non-hydrogen) atoms. The van der Waals surface area contributed by atoms with Crippen LogP contribution in [-0.2, 0) is 0 Å². The Morgan fingerprint density at radius 2 is 0.574 bits per heavy atom. The van der Waals surface area contributed by atoms with Gasteiger partial charge in [-0.1, -0.05) is 316 Å². The van der Waals surface area contributed by atoms with E-state index < -0.39 is 0 Å². The fraction of sp³-hybridized carbons (Fsp3) is 0.873. The van der Waals surface area contributed by atoms with Gasteiger partial charge in [-0.15, -0.1) is 0 Å². The van der Waals surface area contributed by atoms with Crippen LogP contribution in [0.5, 0.6) is 5.75 Å². The van der Waals surface area contributed by atoms with Crippen LogP contribution >= 0.6 is 0 Å². The van der Waals surface area contributed by atoms with Gasteiger partial charge in [0.05, 0.1) is 12.2 Å². The van der Waals surface area contributed by atoms with E-state index in [9.17, 15) is 9.59 Å². The highest BCUT2D eigenvalue weighted by atomic mass is 16.5. The van der Waals surface area contributed by atoms with Gasteiger partial charge < -0.3 is 15.4 Å². The van der Waals surface area contributed by atoms with Crippen molar-refractivity contribution in [3.63, 3.8) is 0 Å². The summed E-state index contributed by atoms with van der Waals surface area (Å²) in [7, 11) is 0. The normalized spacial score (nSPS) is 11.4. The van der Waals surface area contributed by atoms with E-state index in [1.165, 1.54) is 276 Å². The van der Waals surface area contributed by atoms with E-state index in [1.54, 1.807) is 18.2 Å². The van der Waals surface area contributed by atoms with Gasteiger partial charge in [0.1, 0.15) is 5.75 Å². The van der Waals surface area contributed by atoms with E-state index >= 15 is 0 Å². The molecular weight excluding hydrogens is 833 g/mol. The van der Waals surface area contributed by atoms with E-state index in [2.05, 4.69) is 31.4 Å². The predicted molar refractivity (Wildman–Crippen MR) is 300 cm³/mol. The number of rotatable bonds is 55. The molecule has 0 unspecified atom stereocenters. The summed E-state index contributed by atoms with van der Waals surface area (Å²) in [5, 5.41) is 6.30. The molecule has 2 N–H and O–H groups in total. The van der Waals surface area contributed by atoms with Crippen LogP contribution in [0.2, 0.25) is 0 Å². The number of carbonyl (C=O) groups excluding carboxylic acids is 2. The molecule has 0 bridgehead atoms. The molecule has 0 aliphatic carbocycles. The third-order valence-electron chi connectivity index (χ3n) is 14.6. The lowest BCUT2D eigenvalue weighted by molar-refractivity contribution is 0.0937. The zero-order valence-corrected chi connectivity index (χ0v) is 46.2. The molecule has 1 rings (SSSR count). The SMILES string of the molecule is CCCCCCCCCCCCCCCCCCCCCNC(=O)c1ccc(C(=O)NCCCCCCCCCCCCCCCCCCCCC)c(OCCCCCCCCCCCCC)c1. The van der Waals surface area contributed by atoms with E-state index in [0.29, 0.717) is 36.6 Å². The van der Waals surface area contributed by atoms with Gasteiger partial charge in [-0.3, -0.25) is 9.59 Å². The number of hydrogen-bond donors (Lipinski definition) is 2. The van der Waals surface area contributed by atoms with Crippen LogP contribution in [-0.4, -0.2) is 31.5 Å².